The molecule has 118 valence electrons. The van der Waals surface area contributed by atoms with Gasteiger partial charge in [0.25, 0.3) is 10.2 Å². The van der Waals surface area contributed by atoms with Crippen LogP contribution in [0.15, 0.2) is 0 Å². The maximum absolute atomic E-state index is 12.2. The third kappa shape index (κ3) is 6.17. The Hall–Kier alpha value is -0.700. The average molecular weight is 306 g/mol. The molecule has 1 amide bonds. The van der Waals surface area contributed by atoms with Crippen LogP contribution in [0.5, 0.6) is 0 Å². The number of nitrogens with zero attached hydrogens (tertiary/aromatic N) is 1. The first-order valence-electron chi connectivity index (χ1n) is 7.00. The van der Waals surface area contributed by atoms with Crippen LogP contribution in [0.2, 0.25) is 0 Å². The van der Waals surface area contributed by atoms with Gasteiger partial charge in [0.15, 0.2) is 0 Å². The van der Waals surface area contributed by atoms with Gasteiger partial charge in [-0.3, -0.25) is 4.79 Å². The lowest BCUT2D eigenvalue weighted by Crippen LogP contribution is -2.50. The molecule has 0 aromatic carbocycles. The van der Waals surface area contributed by atoms with E-state index in [4.69, 9.17) is 10.9 Å². The van der Waals surface area contributed by atoms with E-state index >= 15 is 0 Å². The Kier molecular flexibility index (Phi) is 6.38. The number of hydrogen-bond donors (Lipinski definition) is 3. The van der Waals surface area contributed by atoms with Crippen LogP contribution in [0.3, 0.4) is 0 Å². The van der Waals surface area contributed by atoms with Crippen molar-refractivity contribution in [1.82, 2.24) is 9.62 Å². The second-order valence-electron chi connectivity index (χ2n) is 5.92. The fourth-order valence-corrected chi connectivity index (χ4v) is 2.98. The Morgan fingerprint density at radius 1 is 1.45 bits per heavy atom. The minimum Gasteiger partial charge on any atom is -0.341 e. The fraction of sp³-hybridized carbons (Fsp3) is 0.917. The molecule has 5 N–H and O–H groups in total. The number of carbonyl (C=O) groups excluding carboxylic acids is 1. The first kappa shape index (κ1) is 17.4. The highest BCUT2D eigenvalue weighted by molar-refractivity contribution is 7.87. The molecule has 1 fully saturated rings. The van der Waals surface area contributed by atoms with Crippen LogP contribution < -0.4 is 15.6 Å². The molecule has 0 radical (unpaired) electrons. The van der Waals surface area contributed by atoms with Gasteiger partial charge in [0, 0.05) is 19.6 Å². The number of nitrogens with two attached hydrogens (primary N) is 2. The maximum atomic E-state index is 12.2. The largest absolute Gasteiger partial charge is 0.341 e. The minimum absolute atomic E-state index is 0.0426. The summed E-state index contributed by atoms with van der Waals surface area (Å²) < 4.78 is 24.1. The van der Waals surface area contributed by atoms with Gasteiger partial charge in [-0.15, -0.1) is 0 Å². The lowest BCUT2D eigenvalue weighted by atomic mass is 9.96. The van der Waals surface area contributed by atoms with Gasteiger partial charge in [-0.2, -0.15) is 8.42 Å². The number of rotatable bonds is 6. The third-order valence-corrected chi connectivity index (χ3v) is 4.02. The zero-order valence-corrected chi connectivity index (χ0v) is 13.0. The lowest BCUT2D eigenvalue weighted by molar-refractivity contribution is -0.134. The summed E-state index contributed by atoms with van der Waals surface area (Å²) in [6.07, 6.45) is 2.40. The van der Waals surface area contributed by atoms with Crippen LogP contribution in [0.1, 0.15) is 33.1 Å². The van der Waals surface area contributed by atoms with Crippen molar-refractivity contribution in [1.29, 1.82) is 0 Å². The van der Waals surface area contributed by atoms with E-state index in [1.165, 1.54) is 0 Å². The molecule has 1 aliphatic heterocycles. The van der Waals surface area contributed by atoms with E-state index in [0.717, 1.165) is 12.8 Å². The van der Waals surface area contributed by atoms with Crippen molar-refractivity contribution in [2.75, 3.05) is 19.6 Å². The van der Waals surface area contributed by atoms with Crippen molar-refractivity contribution >= 4 is 16.1 Å². The van der Waals surface area contributed by atoms with Crippen molar-refractivity contribution in [3.8, 4) is 0 Å². The molecule has 20 heavy (non-hydrogen) atoms. The van der Waals surface area contributed by atoms with E-state index < -0.39 is 16.3 Å². The Morgan fingerprint density at radius 2 is 2.10 bits per heavy atom. The van der Waals surface area contributed by atoms with Gasteiger partial charge in [0.05, 0.1) is 6.04 Å². The van der Waals surface area contributed by atoms with Gasteiger partial charge in [0.2, 0.25) is 5.91 Å². The van der Waals surface area contributed by atoms with Crippen LogP contribution in [-0.2, 0) is 15.0 Å². The van der Waals surface area contributed by atoms with E-state index in [-0.39, 0.29) is 18.4 Å². The Balaban J connectivity index is 2.49. The van der Waals surface area contributed by atoms with Gasteiger partial charge in [-0.05, 0) is 31.1 Å². The molecule has 1 saturated heterocycles. The average Bonchev–Trinajstić information content (AvgIpc) is 2.34. The minimum atomic E-state index is -3.67. The summed E-state index contributed by atoms with van der Waals surface area (Å²) in [6, 6.07) is -0.472. The summed E-state index contributed by atoms with van der Waals surface area (Å²) in [5.74, 6) is 0.426. The number of amides is 1. The highest BCUT2D eigenvalue weighted by Gasteiger charge is 2.27. The molecule has 0 saturated carbocycles. The smallest absolute Gasteiger partial charge is 0.274 e. The van der Waals surface area contributed by atoms with Crippen molar-refractivity contribution in [2.24, 2.45) is 22.7 Å². The van der Waals surface area contributed by atoms with Crippen molar-refractivity contribution in [2.45, 2.75) is 39.2 Å². The summed E-state index contributed by atoms with van der Waals surface area (Å²) in [5, 5.41) is 4.91. The zero-order chi connectivity index (χ0) is 15.3. The third-order valence-electron chi connectivity index (χ3n) is 3.45. The molecule has 7 nitrogen and oxygen atoms in total. The molecule has 1 unspecified atom stereocenters. The maximum Gasteiger partial charge on any atom is 0.274 e. The number of piperidine rings is 1. The van der Waals surface area contributed by atoms with E-state index in [1.54, 1.807) is 4.90 Å². The molecule has 2 atom stereocenters. The fourth-order valence-electron chi connectivity index (χ4n) is 2.51. The molecule has 1 heterocycles. The number of hydrogen-bond acceptors (Lipinski definition) is 4. The second-order valence-corrected chi connectivity index (χ2v) is 7.30. The van der Waals surface area contributed by atoms with Crippen LogP contribution in [-0.4, -0.2) is 44.9 Å². The molecule has 0 aromatic rings. The molecule has 0 bridgehead atoms. The number of carbonyl (C=O) groups is 1. The van der Waals surface area contributed by atoms with Crippen LogP contribution in [0.4, 0.5) is 0 Å². The van der Waals surface area contributed by atoms with Gasteiger partial charge in [-0.1, -0.05) is 13.8 Å². The molecular weight excluding hydrogens is 280 g/mol. The molecule has 0 spiro atoms. The normalized spacial score (nSPS) is 22.1. The van der Waals surface area contributed by atoms with Crippen LogP contribution >= 0.6 is 0 Å². The summed E-state index contributed by atoms with van der Waals surface area (Å²) >= 11 is 0. The second kappa shape index (κ2) is 7.35. The summed E-state index contributed by atoms with van der Waals surface area (Å²) in [6.45, 7) is 5.55. The van der Waals surface area contributed by atoms with E-state index in [2.05, 4.69) is 4.72 Å². The summed E-state index contributed by atoms with van der Waals surface area (Å²) in [7, 11) is -3.67. The van der Waals surface area contributed by atoms with Gasteiger partial charge in [0.1, 0.15) is 0 Å². The van der Waals surface area contributed by atoms with Crippen LogP contribution in [0.25, 0.3) is 0 Å². The van der Waals surface area contributed by atoms with Crippen LogP contribution in [0, 0.1) is 11.8 Å². The van der Waals surface area contributed by atoms with Crippen molar-refractivity contribution in [3.63, 3.8) is 0 Å². The number of nitrogens with one attached hydrogen (secondary N) is 1. The van der Waals surface area contributed by atoms with Gasteiger partial charge < -0.3 is 10.6 Å². The first-order chi connectivity index (χ1) is 9.19. The molecule has 0 aliphatic carbocycles. The molecule has 8 heteroatoms. The Morgan fingerprint density at radius 3 is 2.65 bits per heavy atom. The molecule has 1 aliphatic rings. The summed E-state index contributed by atoms with van der Waals surface area (Å²) in [5.41, 5.74) is 5.91. The predicted molar refractivity (Wildman–Crippen MR) is 77.8 cm³/mol. The molecular formula is C12H26N4O3S. The van der Waals surface area contributed by atoms with E-state index in [1.807, 2.05) is 13.8 Å². The number of likely N-dealkylation sites (tertiary alicyclic amines) is 1. The lowest BCUT2D eigenvalue weighted by Gasteiger charge is -2.34. The SMILES string of the molecule is CC(C)C[C@@H](N)C(=O)N1CCCC(CNS(N)(=O)=O)C1. The zero-order valence-electron chi connectivity index (χ0n) is 12.2. The van der Waals surface area contributed by atoms with Crippen molar-refractivity contribution < 1.29 is 13.2 Å². The highest BCUT2D eigenvalue weighted by atomic mass is 32.2. The monoisotopic (exact) mass is 306 g/mol. The highest BCUT2D eigenvalue weighted by Crippen LogP contribution is 2.17. The topological polar surface area (TPSA) is 119 Å². The Labute approximate surface area is 121 Å². The summed E-state index contributed by atoms with van der Waals surface area (Å²) in [4.78, 5) is 14.0. The van der Waals surface area contributed by atoms with Crippen molar-refractivity contribution in [3.05, 3.63) is 0 Å². The van der Waals surface area contributed by atoms with Gasteiger partial charge in [-0.25, -0.2) is 9.86 Å². The predicted octanol–water partition coefficient (Wildman–Crippen LogP) is -0.608. The first-order valence-corrected chi connectivity index (χ1v) is 8.55. The molecule has 1 rings (SSSR count). The Bertz CT molecular complexity index is 424. The van der Waals surface area contributed by atoms with E-state index in [9.17, 15) is 13.2 Å². The van der Waals surface area contributed by atoms with Gasteiger partial charge >= 0.3 is 0 Å². The molecule has 0 aromatic heterocycles. The standard InChI is InChI=1S/C12H26N4O3S/c1-9(2)6-11(13)12(17)16-5-3-4-10(8-16)7-15-20(14,18)19/h9-11,15H,3-8,13H2,1-2H3,(H2,14,18,19)/t10?,11-/m1/s1. The quantitative estimate of drug-likeness (QED) is 0.606. The van der Waals surface area contributed by atoms with E-state index in [0.29, 0.717) is 25.4 Å².